The molecule has 18 heavy (non-hydrogen) atoms. The zero-order valence-corrected chi connectivity index (χ0v) is 11.9. The molecule has 1 heterocycles. The van der Waals surface area contributed by atoms with Crippen molar-refractivity contribution < 1.29 is 4.74 Å². The second-order valence-corrected chi connectivity index (χ2v) is 4.54. The molecular weight excluding hydrogens is 294 g/mol. The number of hydrogen-bond acceptors (Lipinski definition) is 4. The monoisotopic (exact) mass is 307 g/mol. The maximum absolute atomic E-state index is 5.89. The number of rotatable bonds is 3. The number of aromatic nitrogens is 2. The third kappa shape index (κ3) is 2.31. The first kappa shape index (κ1) is 12.8. The van der Waals surface area contributed by atoms with Gasteiger partial charge in [-0.3, -0.25) is 0 Å². The lowest BCUT2D eigenvalue weighted by Crippen LogP contribution is -2.02. The molecule has 4 nitrogen and oxygen atoms in total. The van der Waals surface area contributed by atoms with E-state index >= 15 is 0 Å². The normalized spacial score (nSPS) is 10.4. The lowest BCUT2D eigenvalue weighted by Gasteiger charge is -2.10. The first-order chi connectivity index (χ1) is 8.67. The average Bonchev–Trinajstić information content (AvgIpc) is 2.41. The second kappa shape index (κ2) is 5.35. The molecule has 0 spiro atoms. The van der Waals surface area contributed by atoms with Crippen LogP contribution in [0.5, 0.6) is 5.75 Å². The van der Waals surface area contributed by atoms with Crippen LogP contribution >= 0.6 is 15.9 Å². The predicted molar refractivity (Wildman–Crippen MR) is 75.5 cm³/mol. The van der Waals surface area contributed by atoms with Crippen molar-refractivity contribution in [2.24, 2.45) is 0 Å². The Morgan fingerprint density at radius 3 is 2.67 bits per heavy atom. The topological polar surface area (TPSA) is 61.0 Å². The molecule has 0 aliphatic heterocycles. The summed E-state index contributed by atoms with van der Waals surface area (Å²) in [5.41, 5.74) is 7.62. The Hall–Kier alpha value is -1.62. The Balaban J connectivity index is 2.61. The third-order valence-electron chi connectivity index (χ3n) is 2.63. The summed E-state index contributed by atoms with van der Waals surface area (Å²) in [5.74, 6) is 1.77. The summed E-state index contributed by atoms with van der Waals surface area (Å²) in [6.07, 6.45) is 0.787. The van der Waals surface area contributed by atoms with E-state index in [4.69, 9.17) is 10.5 Å². The molecule has 1 aromatic carbocycles. The smallest absolute Gasteiger partial charge is 0.165 e. The molecule has 94 valence electrons. The second-order valence-electron chi connectivity index (χ2n) is 3.75. The summed E-state index contributed by atoms with van der Waals surface area (Å²) in [6, 6.07) is 7.62. The van der Waals surface area contributed by atoms with E-state index in [0.717, 1.165) is 27.9 Å². The molecule has 2 N–H and O–H groups in total. The Morgan fingerprint density at radius 1 is 1.28 bits per heavy atom. The number of methoxy groups -OCH3 is 1. The Bertz CT molecular complexity index is 572. The molecule has 0 aliphatic carbocycles. The average molecular weight is 308 g/mol. The van der Waals surface area contributed by atoms with Gasteiger partial charge in [-0.05, 0) is 34.5 Å². The van der Waals surface area contributed by atoms with Crippen LogP contribution in [0.4, 0.5) is 5.82 Å². The Labute approximate surface area is 114 Å². The molecule has 0 unspecified atom stereocenters. The number of nitrogen functional groups attached to an aromatic ring is 1. The Kier molecular flexibility index (Phi) is 3.81. The molecule has 5 heteroatoms. The highest BCUT2D eigenvalue weighted by Gasteiger charge is 2.13. The van der Waals surface area contributed by atoms with Crippen molar-refractivity contribution in [2.45, 2.75) is 13.3 Å². The zero-order chi connectivity index (χ0) is 13.1. The number of para-hydroxylation sites is 1. The first-order valence-corrected chi connectivity index (χ1v) is 6.42. The van der Waals surface area contributed by atoms with Crippen LogP contribution in [0, 0.1) is 0 Å². The highest BCUT2D eigenvalue weighted by molar-refractivity contribution is 9.10. The summed E-state index contributed by atoms with van der Waals surface area (Å²) in [5, 5.41) is 0. The van der Waals surface area contributed by atoms with E-state index in [0.29, 0.717) is 11.6 Å². The molecule has 1 aromatic heterocycles. The minimum Gasteiger partial charge on any atom is -0.496 e. The molecule has 0 bridgehead atoms. The van der Waals surface area contributed by atoms with Gasteiger partial charge in [-0.1, -0.05) is 19.1 Å². The van der Waals surface area contributed by atoms with Crippen molar-refractivity contribution in [3.63, 3.8) is 0 Å². The predicted octanol–water partition coefficient (Wildman–Crippen LogP) is 3.06. The molecule has 2 rings (SSSR count). The van der Waals surface area contributed by atoms with Gasteiger partial charge in [-0.2, -0.15) is 0 Å². The van der Waals surface area contributed by atoms with Gasteiger partial charge in [0, 0.05) is 0 Å². The van der Waals surface area contributed by atoms with Crippen LogP contribution in [-0.4, -0.2) is 17.1 Å². The largest absolute Gasteiger partial charge is 0.496 e. The van der Waals surface area contributed by atoms with E-state index in [1.54, 1.807) is 7.11 Å². The van der Waals surface area contributed by atoms with Gasteiger partial charge in [0.05, 0.1) is 22.8 Å². The number of ether oxygens (including phenoxy) is 1. The van der Waals surface area contributed by atoms with Gasteiger partial charge < -0.3 is 10.5 Å². The number of anilines is 1. The van der Waals surface area contributed by atoms with Gasteiger partial charge >= 0.3 is 0 Å². The number of hydrogen-bond donors (Lipinski definition) is 1. The van der Waals surface area contributed by atoms with Crippen LogP contribution < -0.4 is 10.5 Å². The third-order valence-corrected chi connectivity index (χ3v) is 3.49. The molecule has 0 amide bonds. The molecule has 0 saturated heterocycles. The fraction of sp³-hybridized carbons (Fsp3) is 0.231. The summed E-state index contributed by atoms with van der Waals surface area (Å²) in [6.45, 7) is 2.03. The van der Waals surface area contributed by atoms with E-state index < -0.39 is 0 Å². The maximum Gasteiger partial charge on any atom is 0.165 e. The molecule has 0 radical (unpaired) electrons. The quantitative estimate of drug-likeness (QED) is 0.946. The van der Waals surface area contributed by atoms with Crippen LogP contribution in [-0.2, 0) is 6.42 Å². The highest BCUT2D eigenvalue weighted by atomic mass is 79.9. The van der Waals surface area contributed by atoms with Crippen molar-refractivity contribution in [3.05, 3.63) is 34.4 Å². The van der Waals surface area contributed by atoms with E-state index in [9.17, 15) is 0 Å². The van der Waals surface area contributed by atoms with Crippen molar-refractivity contribution in [1.29, 1.82) is 0 Å². The van der Waals surface area contributed by atoms with E-state index in [2.05, 4.69) is 25.9 Å². The van der Waals surface area contributed by atoms with Crippen LogP contribution in [0.1, 0.15) is 12.6 Å². The number of benzene rings is 1. The van der Waals surface area contributed by atoms with E-state index in [1.807, 2.05) is 31.2 Å². The number of aryl methyl sites for hydroxylation is 1. The van der Waals surface area contributed by atoms with Gasteiger partial charge in [0.25, 0.3) is 0 Å². The van der Waals surface area contributed by atoms with Gasteiger partial charge in [-0.15, -0.1) is 0 Å². The summed E-state index contributed by atoms with van der Waals surface area (Å²) in [4.78, 5) is 8.81. The van der Waals surface area contributed by atoms with Crippen LogP contribution in [0.15, 0.2) is 28.7 Å². The molecule has 0 saturated carbocycles. The van der Waals surface area contributed by atoms with Crippen LogP contribution in [0.3, 0.4) is 0 Å². The zero-order valence-electron chi connectivity index (χ0n) is 10.3. The van der Waals surface area contributed by atoms with Crippen LogP contribution in [0.2, 0.25) is 0 Å². The van der Waals surface area contributed by atoms with Crippen molar-refractivity contribution in [3.8, 4) is 17.1 Å². The minimum atomic E-state index is 0.447. The first-order valence-electron chi connectivity index (χ1n) is 5.62. The van der Waals surface area contributed by atoms with Crippen LogP contribution in [0.25, 0.3) is 11.4 Å². The SMILES string of the molecule is CCc1nc(-c2ccccc2OC)nc(N)c1Br. The van der Waals surface area contributed by atoms with Crippen molar-refractivity contribution >= 4 is 21.7 Å². The fourth-order valence-corrected chi connectivity index (χ4v) is 2.15. The van der Waals surface area contributed by atoms with Crippen molar-refractivity contribution in [2.75, 3.05) is 12.8 Å². The number of nitrogens with zero attached hydrogens (tertiary/aromatic N) is 2. The van der Waals surface area contributed by atoms with Gasteiger partial charge in [0.1, 0.15) is 11.6 Å². The van der Waals surface area contributed by atoms with Crippen molar-refractivity contribution in [1.82, 2.24) is 9.97 Å². The molecule has 0 atom stereocenters. The fourth-order valence-electron chi connectivity index (χ4n) is 1.70. The lowest BCUT2D eigenvalue weighted by molar-refractivity contribution is 0.416. The van der Waals surface area contributed by atoms with E-state index in [1.165, 1.54) is 0 Å². The van der Waals surface area contributed by atoms with Gasteiger partial charge in [-0.25, -0.2) is 9.97 Å². The standard InChI is InChI=1S/C13H14BrN3O/c1-3-9-11(14)12(15)17-13(16-9)8-6-4-5-7-10(8)18-2/h4-7H,3H2,1-2H3,(H2,15,16,17). The van der Waals surface area contributed by atoms with Gasteiger partial charge in [0.2, 0.25) is 0 Å². The molecule has 2 aromatic rings. The number of nitrogens with two attached hydrogens (primary N) is 1. The van der Waals surface area contributed by atoms with Gasteiger partial charge in [0.15, 0.2) is 5.82 Å². The highest BCUT2D eigenvalue weighted by Crippen LogP contribution is 2.30. The van der Waals surface area contributed by atoms with E-state index in [-0.39, 0.29) is 0 Å². The lowest BCUT2D eigenvalue weighted by atomic mass is 10.2. The molecule has 0 aliphatic rings. The summed E-state index contributed by atoms with van der Waals surface area (Å²) >= 11 is 3.40. The minimum absolute atomic E-state index is 0.447. The molecule has 0 fully saturated rings. The summed E-state index contributed by atoms with van der Waals surface area (Å²) < 4.78 is 6.08. The molecular formula is C13H14BrN3O. The summed E-state index contributed by atoms with van der Waals surface area (Å²) in [7, 11) is 1.63. The maximum atomic E-state index is 5.89. The number of halogens is 1. The Morgan fingerprint density at radius 2 is 2.00 bits per heavy atom.